The molecule has 3 N–H and O–H groups in total. The predicted molar refractivity (Wildman–Crippen MR) is 103 cm³/mol. The Morgan fingerprint density at radius 3 is 2.60 bits per heavy atom. The molecule has 5 heteroatoms. The normalized spacial score (nSPS) is 17.6. The molecular formula is C20H33N3O2. The lowest BCUT2D eigenvalue weighted by Gasteiger charge is -2.40. The predicted octanol–water partition coefficient (Wildman–Crippen LogP) is 2.70. The number of nitrogens with zero attached hydrogens (tertiary/aromatic N) is 1. The largest absolute Gasteiger partial charge is 0.389 e. The molecule has 5 nitrogen and oxygen atoms in total. The van der Waals surface area contributed by atoms with Gasteiger partial charge in [-0.3, -0.25) is 4.99 Å². The van der Waals surface area contributed by atoms with Gasteiger partial charge in [0.05, 0.1) is 19.3 Å². The summed E-state index contributed by atoms with van der Waals surface area (Å²) in [4.78, 5) is 4.72. The van der Waals surface area contributed by atoms with Crippen molar-refractivity contribution in [1.29, 1.82) is 0 Å². The summed E-state index contributed by atoms with van der Waals surface area (Å²) in [5.41, 5.74) is 1.52. The number of aliphatic imine (C=N–C) groups is 1. The first-order chi connectivity index (χ1) is 12.2. The van der Waals surface area contributed by atoms with Gasteiger partial charge in [-0.2, -0.15) is 0 Å². The van der Waals surface area contributed by atoms with Gasteiger partial charge in [-0.05, 0) is 37.2 Å². The average Bonchev–Trinajstić information content (AvgIpc) is 2.60. The molecule has 1 aliphatic carbocycles. The molecule has 1 saturated carbocycles. The molecule has 0 aromatic heterocycles. The zero-order valence-electron chi connectivity index (χ0n) is 15.6. The third-order valence-electron chi connectivity index (χ3n) is 5.01. The first kappa shape index (κ1) is 19.7. The van der Waals surface area contributed by atoms with Crippen molar-refractivity contribution in [1.82, 2.24) is 10.6 Å². The monoisotopic (exact) mass is 347 g/mol. The lowest BCUT2D eigenvalue weighted by atomic mass is 9.67. The topological polar surface area (TPSA) is 65.9 Å². The zero-order valence-corrected chi connectivity index (χ0v) is 15.6. The molecule has 1 aromatic rings. The highest BCUT2D eigenvalue weighted by Crippen LogP contribution is 2.43. The molecule has 0 spiro atoms. The summed E-state index contributed by atoms with van der Waals surface area (Å²) in [7, 11) is 0. The number of hydrogen-bond donors (Lipinski definition) is 3. The van der Waals surface area contributed by atoms with E-state index in [1.165, 1.54) is 25.7 Å². The lowest BCUT2D eigenvalue weighted by molar-refractivity contribution is 0.0308. The highest BCUT2D eigenvalue weighted by atomic mass is 16.5. The van der Waals surface area contributed by atoms with Gasteiger partial charge >= 0.3 is 0 Å². The van der Waals surface area contributed by atoms with Crippen molar-refractivity contribution in [3.05, 3.63) is 35.9 Å². The number of aliphatic hydroxyl groups excluding tert-OH is 1. The fourth-order valence-electron chi connectivity index (χ4n) is 3.05. The van der Waals surface area contributed by atoms with E-state index < -0.39 is 6.10 Å². The van der Waals surface area contributed by atoms with Gasteiger partial charge in [-0.15, -0.1) is 0 Å². The molecule has 0 radical (unpaired) electrons. The van der Waals surface area contributed by atoms with E-state index in [2.05, 4.69) is 24.5 Å². The van der Waals surface area contributed by atoms with Crippen LogP contribution < -0.4 is 10.6 Å². The van der Waals surface area contributed by atoms with E-state index in [-0.39, 0.29) is 0 Å². The number of aliphatic hydroxyl groups is 1. The summed E-state index contributed by atoms with van der Waals surface area (Å²) in [6, 6.07) is 9.99. The van der Waals surface area contributed by atoms with Crippen molar-refractivity contribution in [3.8, 4) is 0 Å². The summed E-state index contributed by atoms with van der Waals surface area (Å²) in [5.74, 6) is 0.782. The fourth-order valence-corrected chi connectivity index (χ4v) is 3.05. The molecule has 1 unspecified atom stereocenters. The molecule has 1 aromatic carbocycles. The molecule has 0 amide bonds. The van der Waals surface area contributed by atoms with Crippen LogP contribution in [0.5, 0.6) is 0 Å². The molecule has 25 heavy (non-hydrogen) atoms. The van der Waals surface area contributed by atoms with Crippen molar-refractivity contribution in [3.63, 3.8) is 0 Å². The molecule has 140 valence electrons. The molecule has 2 rings (SSSR count). The van der Waals surface area contributed by atoms with Crippen LogP contribution >= 0.6 is 0 Å². The first-order valence-corrected chi connectivity index (χ1v) is 9.49. The van der Waals surface area contributed by atoms with Gasteiger partial charge in [0.25, 0.3) is 0 Å². The van der Waals surface area contributed by atoms with Crippen molar-refractivity contribution in [2.75, 3.05) is 26.2 Å². The quantitative estimate of drug-likeness (QED) is 0.450. The van der Waals surface area contributed by atoms with E-state index in [0.29, 0.717) is 25.2 Å². The van der Waals surface area contributed by atoms with Crippen molar-refractivity contribution >= 4 is 5.96 Å². The van der Waals surface area contributed by atoms with Crippen molar-refractivity contribution in [2.24, 2.45) is 10.4 Å². The van der Waals surface area contributed by atoms with Crippen LogP contribution in [0.3, 0.4) is 0 Å². The molecule has 0 bridgehead atoms. The van der Waals surface area contributed by atoms with Crippen LogP contribution in [0.4, 0.5) is 0 Å². The smallest absolute Gasteiger partial charge is 0.191 e. The van der Waals surface area contributed by atoms with Crippen LogP contribution in [0, 0.1) is 5.41 Å². The maximum Gasteiger partial charge on any atom is 0.191 e. The van der Waals surface area contributed by atoms with Crippen LogP contribution in [-0.4, -0.2) is 43.4 Å². The van der Waals surface area contributed by atoms with Crippen LogP contribution in [0.1, 0.15) is 45.1 Å². The van der Waals surface area contributed by atoms with Crippen LogP contribution in [-0.2, 0) is 11.3 Å². The van der Waals surface area contributed by atoms with Crippen LogP contribution in [0.15, 0.2) is 35.3 Å². The first-order valence-electron chi connectivity index (χ1n) is 9.49. The number of benzene rings is 1. The summed E-state index contributed by atoms with van der Waals surface area (Å²) in [5, 5.41) is 16.6. The molecule has 1 aliphatic rings. The molecule has 0 heterocycles. The van der Waals surface area contributed by atoms with Gasteiger partial charge in [-0.25, -0.2) is 0 Å². The second kappa shape index (κ2) is 10.4. The molecule has 0 saturated heterocycles. The minimum absolute atomic E-state index is 0.306. The summed E-state index contributed by atoms with van der Waals surface area (Å²) in [6.45, 7) is 7.23. The standard InChI is InChI=1S/C20H33N3O2/c1-3-20(11-8-12-20)16-23-19(21-4-2)22-13-18(24)15-25-14-17-9-6-5-7-10-17/h5-7,9-10,18,24H,3-4,8,11-16H2,1-2H3,(H2,21,22,23). The van der Waals surface area contributed by atoms with Crippen molar-refractivity contribution in [2.45, 2.75) is 52.2 Å². The Hall–Kier alpha value is -1.59. The third kappa shape index (κ3) is 6.67. The Morgan fingerprint density at radius 1 is 1.24 bits per heavy atom. The van der Waals surface area contributed by atoms with E-state index in [1.54, 1.807) is 0 Å². The molecule has 0 aliphatic heterocycles. The maximum absolute atomic E-state index is 10.1. The number of nitrogens with one attached hydrogen (secondary N) is 2. The zero-order chi connectivity index (χ0) is 18.0. The van der Waals surface area contributed by atoms with Gasteiger partial charge in [0, 0.05) is 19.6 Å². The van der Waals surface area contributed by atoms with Crippen LogP contribution in [0.2, 0.25) is 0 Å². The Labute approximate surface area is 151 Å². The molecule has 1 atom stereocenters. The Morgan fingerprint density at radius 2 is 2.00 bits per heavy atom. The molecule has 1 fully saturated rings. The minimum atomic E-state index is -0.559. The maximum atomic E-state index is 10.1. The van der Waals surface area contributed by atoms with Gasteiger partial charge in [0.2, 0.25) is 0 Å². The van der Waals surface area contributed by atoms with Gasteiger partial charge in [-0.1, -0.05) is 43.7 Å². The van der Waals surface area contributed by atoms with Crippen molar-refractivity contribution < 1.29 is 9.84 Å². The highest BCUT2D eigenvalue weighted by Gasteiger charge is 2.34. The summed E-state index contributed by atoms with van der Waals surface area (Å²) >= 11 is 0. The van der Waals surface area contributed by atoms with E-state index in [9.17, 15) is 5.11 Å². The van der Waals surface area contributed by atoms with Gasteiger partial charge < -0.3 is 20.5 Å². The van der Waals surface area contributed by atoms with Gasteiger partial charge in [0.15, 0.2) is 5.96 Å². The van der Waals surface area contributed by atoms with E-state index in [4.69, 9.17) is 9.73 Å². The third-order valence-corrected chi connectivity index (χ3v) is 5.01. The average molecular weight is 348 g/mol. The fraction of sp³-hybridized carbons (Fsp3) is 0.650. The number of ether oxygens (including phenoxy) is 1. The summed E-state index contributed by atoms with van der Waals surface area (Å²) in [6.07, 6.45) is 4.51. The number of guanidine groups is 1. The SMILES string of the molecule is CCNC(=NCC1(CC)CCC1)NCC(O)COCc1ccccc1. The number of hydrogen-bond acceptors (Lipinski definition) is 3. The Balaban J connectivity index is 1.70. The highest BCUT2D eigenvalue weighted by molar-refractivity contribution is 5.79. The number of rotatable bonds is 10. The summed E-state index contributed by atoms with van der Waals surface area (Å²) < 4.78 is 5.58. The minimum Gasteiger partial charge on any atom is -0.389 e. The second-order valence-corrected chi connectivity index (χ2v) is 6.94. The van der Waals surface area contributed by atoms with E-state index in [0.717, 1.165) is 24.6 Å². The Kier molecular flexibility index (Phi) is 8.22. The van der Waals surface area contributed by atoms with Gasteiger partial charge in [0.1, 0.15) is 0 Å². The lowest BCUT2D eigenvalue weighted by Crippen LogP contribution is -2.43. The second-order valence-electron chi connectivity index (χ2n) is 6.94. The Bertz CT molecular complexity index is 509. The van der Waals surface area contributed by atoms with E-state index >= 15 is 0 Å². The van der Waals surface area contributed by atoms with Crippen LogP contribution in [0.25, 0.3) is 0 Å². The van der Waals surface area contributed by atoms with E-state index in [1.807, 2.05) is 30.3 Å². The molecular weight excluding hydrogens is 314 g/mol.